The molecular formula is C13H18N2O. The van der Waals surface area contributed by atoms with Gasteiger partial charge in [0.25, 0.3) is 0 Å². The van der Waals surface area contributed by atoms with E-state index in [0.29, 0.717) is 12.5 Å². The molecule has 3 nitrogen and oxygen atoms in total. The van der Waals surface area contributed by atoms with Crippen LogP contribution in [0.1, 0.15) is 31.4 Å². The van der Waals surface area contributed by atoms with Crippen LogP contribution in [0.15, 0.2) is 24.3 Å². The maximum atomic E-state index is 8.48. The first-order chi connectivity index (χ1) is 7.81. The smallest absolute Gasteiger partial charge is 0.118 e. The third-order valence-corrected chi connectivity index (χ3v) is 2.55. The quantitative estimate of drug-likeness (QED) is 0.746. The molecule has 0 saturated carbocycles. The van der Waals surface area contributed by atoms with Crippen LogP contribution in [0.2, 0.25) is 0 Å². The van der Waals surface area contributed by atoms with Crippen LogP contribution < -0.4 is 10.1 Å². The summed E-state index contributed by atoms with van der Waals surface area (Å²) in [5.41, 5.74) is 1.24. The van der Waals surface area contributed by atoms with Crippen molar-refractivity contribution in [3.05, 3.63) is 29.8 Å². The minimum atomic E-state index is 0.319. The SMILES string of the molecule is CCC(NCCC#N)c1ccc(OC)cc1. The Kier molecular flexibility index (Phi) is 5.38. The fourth-order valence-electron chi connectivity index (χ4n) is 1.64. The lowest BCUT2D eigenvalue weighted by molar-refractivity contribution is 0.414. The average Bonchev–Trinajstić information content (AvgIpc) is 2.35. The second-order valence-corrected chi connectivity index (χ2v) is 3.60. The molecule has 1 atom stereocenters. The van der Waals surface area contributed by atoms with E-state index in [4.69, 9.17) is 10.00 Å². The zero-order chi connectivity index (χ0) is 11.8. The molecule has 0 heterocycles. The van der Waals surface area contributed by atoms with Gasteiger partial charge in [-0.25, -0.2) is 0 Å². The van der Waals surface area contributed by atoms with E-state index < -0.39 is 0 Å². The van der Waals surface area contributed by atoms with Crippen LogP contribution in [-0.4, -0.2) is 13.7 Å². The van der Waals surface area contributed by atoms with Gasteiger partial charge in [0.05, 0.1) is 13.2 Å². The summed E-state index contributed by atoms with van der Waals surface area (Å²) in [6, 6.07) is 10.5. The van der Waals surface area contributed by atoms with Crippen molar-refractivity contribution in [3.8, 4) is 11.8 Å². The summed E-state index contributed by atoms with van der Waals surface area (Å²) in [6.07, 6.45) is 1.56. The van der Waals surface area contributed by atoms with Gasteiger partial charge in [-0.3, -0.25) is 0 Å². The van der Waals surface area contributed by atoms with Gasteiger partial charge in [0.1, 0.15) is 5.75 Å². The maximum Gasteiger partial charge on any atom is 0.118 e. The summed E-state index contributed by atoms with van der Waals surface area (Å²) in [5, 5.41) is 11.8. The van der Waals surface area contributed by atoms with E-state index in [9.17, 15) is 0 Å². The van der Waals surface area contributed by atoms with E-state index in [0.717, 1.165) is 18.7 Å². The Morgan fingerprint density at radius 3 is 2.56 bits per heavy atom. The number of methoxy groups -OCH3 is 1. The highest BCUT2D eigenvalue weighted by atomic mass is 16.5. The normalized spacial score (nSPS) is 11.8. The van der Waals surface area contributed by atoms with E-state index in [1.165, 1.54) is 5.56 Å². The molecule has 3 heteroatoms. The molecule has 1 aromatic carbocycles. The van der Waals surface area contributed by atoms with Gasteiger partial charge in [-0.2, -0.15) is 5.26 Å². The first kappa shape index (κ1) is 12.5. The molecule has 0 aliphatic carbocycles. The van der Waals surface area contributed by atoms with Crippen molar-refractivity contribution in [3.63, 3.8) is 0 Å². The largest absolute Gasteiger partial charge is 0.497 e. The number of nitrogens with zero attached hydrogens (tertiary/aromatic N) is 1. The van der Waals surface area contributed by atoms with Gasteiger partial charge in [0.2, 0.25) is 0 Å². The molecule has 86 valence electrons. The Hall–Kier alpha value is -1.53. The number of hydrogen-bond acceptors (Lipinski definition) is 3. The Labute approximate surface area is 97.0 Å². The van der Waals surface area contributed by atoms with Crippen molar-refractivity contribution in [1.29, 1.82) is 5.26 Å². The Morgan fingerprint density at radius 2 is 2.06 bits per heavy atom. The van der Waals surface area contributed by atoms with Crippen molar-refractivity contribution < 1.29 is 4.74 Å². The standard InChI is InChI=1S/C13H18N2O/c1-3-13(15-10-4-9-14)11-5-7-12(16-2)8-6-11/h5-8,13,15H,3-4,10H2,1-2H3. The van der Waals surface area contributed by atoms with Crippen LogP contribution in [-0.2, 0) is 0 Å². The topological polar surface area (TPSA) is 45.0 Å². The summed E-state index contributed by atoms with van der Waals surface area (Å²) >= 11 is 0. The predicted octanol–water partition coefficient (Wildman–Crippen LogP) is 2.65. The average molecular weight is 218 g/mol. The molecule has 0 spiro atoms. The van der Waals surface area contributed by atoms with Gasteiger partial charge >= 0.3 is 0 Å². The predicted molar refractivity (Wildman–Crippen MR) is 64.3 cm³/mol. The van der Waals surface area contributed by atoms with Gasteiger partial charge in [-0.15, -0.1) is 0 Å². The highest BCUT2D eigenvalue weighted by molar-refractivity contribution is 5.29. The second kappa shape index (κ2) is 6.86. The number of rotatable bonds is 6. The van der Waals surface area contributed by atoms with Gasteiger partial charge < -0.3 is 10.1 Å². The van der Waals surface area contributed by atoms with E-state index in [1.54, 1.807) is 7.11 Å². The summed E-state index contributed by atoms with van der Waals surface area (Å²) in [5.74, 6) is 0.871. The van der Waals surface area contributed by atoms with Crippen LogP contribution in [0.3, 0.4) is 0 Å². The number of hydrogen-bond donors (Lipinski definition) is 1. The molecule has 0 aromatic heterocycles. The first-order valence-electron chi connectivity index (χ1n) is 5.56. The second-order valence-electron chi connectivity index (χ2n) is 3.60. The molecule has 0 amide bonds. The monoisotopic (exact) mass is 218 g/mol. The third kappa shape index (κ3) is 3.56. The van der Waals surface area contributed by atoms with E-state index >= 15 is 0 Å². The molecule has 1 N–H and O–H groups in total. The van der Waals surface area contributed by atoms with Crippen molar-refractivity contribution in [2.24, 2.45) is 0 Å². The molecule has 1 unspecified atom stereocenters. The lowest BCUT2D eigenvalue weighted by Gasteiger charge is -2.16. The highest BCUT2D eigenvalue weighted by Crippen LogP contribution is 2.19. The minimum absolute atomic E-state index is 0.319. The summed E-state index contributed by atoms with van der Waals surface area (Å²) < 4.78 is 5.12. The molecule has 0 bridgehead atoms. The molecular weight excluding hydrogens is 200 g/mol. The Bertz CT molecular complexity index is 340. The van der Waals surface area contributed by atoms with Crippen LogP contribution in [0, 0.1) is 11.3 Å². The van der Waals surface area contributed by atoms with Gasteiger partial charge in [-0.1, -0.05) is 19.1 Å². The first-order valence-corrected chi connectivity index (χ1v) is 5.56. The fraction of sp³-hybridized carbons (Fsp3) is 0.462. The molecule has 0 aliphatic heterocycles. The van der Waals surface area contributed by atoms with Gasteiger partial charge in [-0.05, 0) is 24.1 Å². The van der Waals surface area contributed by atoms with Crippen molar-refractivity contribution in [2.45, 2.75) is 25.8 Å². The summed E-state index contributed by atoms with van der Waals surface area (Å²) in [7, 11) is 1.66. The fourth-order valence-corrected chi connectivity index (χ4v) is 1.64. The molecule has 0 radical (unpaired) electrons. The molecule has 0 saturated heterocycles. The van der Waals surface area contributed by atoms with Crippen molar-refractivity contribution in [1.82, 2.24) is 5.32 Å². The van der Waals surface area contributed by atoms with Gasteiger partial charge in [0.15, 0.2) is 0 Å². The zero-order valence-corrected chi connectivity index (χ0v) is 9.86. The van der Waals surface area contributed by atoms with Crippen molar-refractivity contribution >= 4 is 0 Å². The Balaban J connectivity index is 2.60. The summed E-state index contributed by atoms with van der Waals surface area (Å²) in [4.78, 5) is 0. The summed E-state index contributed by atoms with van der Waals surface area (Å²) in [6.45, 7) is 2.87. The minimum Gasteiger partial charge on any atom is -0.497 e. The molecule has 1 rings (SSSR count). The number of benzene rings is 1. The molecule has 16 heavy (non-hydrogen) atoms. The molecule has 0 aliphatic rings. The van der Waals surface area contributed by atoms with E-state index in [1.807, 2.05) is 12.1 Å². The molecule has 0 fully saturated rings. The number of ether oxygens (including phenoxy) is 1. The lowest BCUT2D eigenvalue weighted by atomic mass is 10.0. The van der Waals surface area contributed by atoms with Crippen LogP contribution >= 0.6 is 0 Å². The third-order valence-electron chi connectivity index (χ3n) is 2.55. The van der Waals surface area contributed by atoms with Crippen LogP contribution in [0.25, 0.3) is 0 Å². The molecule has 1 aromatic rings. The van der Waals surface area contributed by atoms with E-state index in [2.05, 4.69) is 30.4 Å². The van der Waals surface area contributed by atoms with Crippen LogP contribution in [0.4, 0.5) is 0 Å². The van der Waals surface area contributed by atoms with Gasteiger partial charge in [0, 0.05) is 19.0 Å². The Morgan fingerprint density at radius 1 is 1.38 bits per heavy atom. The van der Waals surface area contributed by atoms with Crippen LogP contribution in [0.5, 0.6) is 5.75 Å². The van der Waals surface area contributed by atoms with Crippen molar-refractivity contribution in [2.75, 3.05) is 13.7 Å². The van der Waals surface area contributed by atoms with E-state index in [-0.39, 0.29) is 0 Å². The zero-order valence-electron chi connectivity index (χ0n) is 9.86. The lowest BCUT2D eigenvalue weighted by Crippen LogP contribution is -2.21. The highest BCUT2D eigenvalue weighted by Gasteiger charge is 2.07. The maximum absolute atomic E-state index is 8.48. The number of nitriles is 1. The number of nitrogens with one attached hydrogen (secondary N) is 1.